The summed E-state index contributed by atoms with van der Waals surface area (Å²) in [6, 6.07) is 5.73. The molecular formula is C18H16BrN3O5. The third-order valence-electron chi connectivity index (χ3n) is 3.86. The summed E-state index contributed by atoms with van der Waals surface area (Å²) in [4.78, 5) is 35.0. The summed E-state index contributed by atoms with van der Waals surface area (Å²) in [6.07, 6.45) is 3.26. The van der Waals surface area contributed by atoms with E-state index in [-0.39, 0.29) is 17.3 Å². The van der Waals surface area contributed by atoms with E-state index in [0.29, 0.717) is 21.5 Å². The zero-order valence-electron chi connectivity index (χ0n) is 14.8. The van der Waals surface area contributed by atoms with Gasteiger partial charge in [-0.25, -0.2) is 0 Å². The van der Waals surface area contributed by atoms with Gasteiger partial charge in [0.25, 0.3) is 11.2 Å². The number of nitro benzene ring substituents is 1. The third kappa shape index (κ3) is 3.77. The molecule has 1 aliphatic heterocycles. The van der Waals surface area contributed by atoms with Gasteiger partial charge in [0.1, 0.15) is 17.0 Å². The van der Waals surface area contributed by atoms with Crippen molar-refractivity contribution < 1.29 is 14.5 Å². The Hall–Kier alpha value is -2.94. The van der Waals surface area contributed by atoms with E-state index in [0.717, 1.165) is 0 Å². The fraction of sp³-hybridized carbons (Fsp3) is 0.222. The van der Waals surface area contributed by atoms with E-state index in [4.69, 9.17) is 4.74 Å². The van der Waals surface area contributed by atoms with Crippen molar-refractivity contribution in [3.8, 4) is 5.75 Å². The van der Waals surface area contributed by atoms with Crippen LogP contribution in [-0.4, -0.2) is 21.0 Å². The van der Waals surface area contributed by atoms with E-state index in [2.05, 4.69) is 21.2 Å². The predicted octanol–water partition coefficient (Wildman–Crippen LogP) is 3.54. The summed E-state index contributed by atoms with van der Waals surface area (Å²) in [5.41, 5.74) is -0.383. The van der Waals surface area contributed by atoms with Crippen molar-refractivity contribution in [1.82, 2.24) is 4.57 Å². The summed E-state index contributed by atoms with van der Waals surface area (Å²) in [5, 5.41) is 13.7. The summed E-state index contributed by atoms with van der Waals surface area (Å²) in [7, 11) is 0. The van der Waals surface area contributed by atoms with Crippen LogP contribution in [0.3, 0.4) is 0 Å². The maximum absolute atomic E-state index is 12.9. The molecule has 0 saturated heterocycles. The van der Waals surface area contributed by atoms with E-state index in [1.165, 1.54) is 35.8 Å². The topological polar surface area (TPSA) is 103 Å². The molecule has 140 valence electrons. The summed E-state index contributed by atoms with van der Waals surface area (Å²) in [6.45, 7) is 4.93. The molecule has 9 heteroatoms. The Morgan fingerprint density at radius 1 is 1.33 bits per heavy atom. The third-order valence-corrected chi connectivity index (χ3v) is 4.30. The fourth-order valence-corrected chi connectivity index (χ4v) is 3.28. The second-order valence-corrected chi connectivity index (χ2v) is 7.52. The lowest BCUT2D eigenvalue weighted by molar-refractivity contribution is -0.384. The molecule has 0 atom stereocenters. The number of nitrogens with zero attached hydrogens (tertiary/aromatic N) is 2. The molecule has 1 aliphatic rings. The SMILES string of the molecule is CC(=O)Nc1cc(Br)cn(C2=CC(C)(C)Oc3ccc([N+](=O)[O-])cc32)c1=O. The first kappa shape index (κ1) is 18.8. The van der Waals surface area contributed by atoms with Crippen LogP contribution < -0.4 is 15.6 Å². The molecule has 0 bridgehead atoms. The van der Waals surface area contributed by atoms with Crippen LogP contribution in [0.2, 0.25) is 0 Å². The minimum absolute atomic E-state index is 0.0917. The van der Waals surface area contributed by atoms with E-state index < -0.39 is 16.1 Å². The number of nitro groups is 1. The van der Waals surface area contributed by atoms with Gasteiger partial charge in [-0.2, -0.15) is 0 Å². The van der Waals surface area contributed by atoms with Crippen LogP contribution >= 0.6 is 15.9 Å². The Bertz CT molecular complexity index is 1060. The molecule has 3 rings (SSSR count). The van der Waals surface area contributed by atoms with Crippen molar-refractivity contribution in [2.75, 3.05) is 5.32 Å². The van der Waals surface area contributed by atoms with Gasteiger partial charge in [-0.15, -0.1) is 0 Å². The average Bonchev–Trinajstić information content (AvgIpc) is 2.55. The van der Waals surface area contributed by atoms with Crippen LogP contribution in [0.5, 0.6) is 5.75 Å². The van der Waals surface area contributed by atoms with Gasteiger partial charge in [-0.3, -0.25) is 24.3 Å². The molecule has 2 aromatic rings. The fourth-order valence-electron chi connectivity index (χ4n) is 2.85. The number of hydrogen-bond donors (Lipinski definition) is 1. The molecule has 0 aliphatic carbocycles. The minimum atomic E-state index is -0.742. The van der Waals surface area contributed by atoms with Crippen molar-refractivity contribution in [3.63, 3.8) is 0 Å². The Labute approximate surface area is 162 Å². The van der Waals surface area contributed by atoms with E-state index >= 15 is 0 Å². The van der Waals surface area contributed by atoms with Crippen LogP contribution in [0.1, 0.15) is 26.3 Å². The number of hydrogen-bond acceptors (Lipinski definition) is 5. The first-order chi connectivity index (χ1) is 12.6. The molecule has 0 saturated carbocycles. The highest BCUT2D eigenvalue weighted by Crippen LogP contribution is 2.38. The molecule has 1 aromatic carbocycles. The largest absolute Gasteiger partial charge is 0.483 e. The van der Waals surface area contributed by atoms with Crippen molar-refractivity contribution in [2.24, 2.45) is 0 Å². The summed E-state index contributed by atoms with van der Waals surface area (Å²) in [5.74, 6) is 0.0464. The maximum Gasteiger partial charge on any atom is 0.278 e. The summed E-state index contributed by atoms with van der Waals surface area (Å²) < 4.78 is 7.77. The molecule has 2 heterocycles. The number of ether oxygens (including phenoxy) is 1. The highest BCUT2D eigenvalue weighted by Gasteiger charge is 2.29. The molecule has 8 nitrogen and oxygen atoms in total. The van der Waals surface area contributed by atoms with Gasteiger partial charge in [-0.05, 0) is 48.0 Å². The molecule has 0 fully saturated rings. The molecule has 1 aromatic heterocycles. The van der Waals surface area contributed by atoms with Gasteiger partial charge in [0, 0.05) is 35.3 Å². The predicted molar refractivity (Wildman–Crippen MR) is 104 cm³/mol. The standard InChI is InChI=1S/C18H16BrN3O5/c1-10(23)20-14-6-11(19)9-21(17(14)24)15-8-18(2,3)27-16-5-4-12(22(25)26)7-13(15)16/h4-9H,1-3H3,(H,20,23). The van der Waals surface area contributed by atoms with Crippen LogP contribution in [0.4, 0.5) is 11.4 Å². The second-order valence-electron chi connectivity index (χ2n) is 6.60. The number of rotatable bonds is 3. The second kappa shape index (κ2) is 6.66. The lowest BCUT2D eigenvalue weighted by Gasteiger charge is -2.31. The number of anilines is 1. The number of aromatic nitrogens is 1. The molecule has 27 heavy (non-hydrogen) atoms. The van der Waals surface area contributed by atoms with Crippen molar-refractivity contribution in [2.45, 2.75) is 26.4 Å². The Morgan fingerprint density at radius 2 is 2.04 bits per heavy atom. The van der Waals surface area contributed by atoms with Crippen molar-refractivity contribution in [3.05, 3.63) is 67.0 Å². The van der Waals surface area contributed by atoms with Crippen LogP contribution in [-0.2, 0) is 4.79 Å². The van der Waals surface area contributed by atoms with E-state index in [1.54, 1.807) is 12.3 Å². The molecule has 1 N–H and O–H groups in total. The first-order valence-corrected chi connectivity index (χ1v) is 8.77. The maximum atomic E-state index is 12.9. The Kier molecular flexibility index (Phi) is 4.64. The zero-order chi connectivity index (χ0) is 19.9. The number of amides is 1. The lowest BCUT2D eigenvalue weighted by Crippen LogP contribution is -2.33. The van der Waals surface area contributed by atoms with E-state index in [9.17, 15) is 19.7 Å². The Balaban J connectivity index is 2.28. The number of fused-ring (bicyclic) bond motifs is 1. The van der Waals surface area contributed by atoms with Gasteiger partial charge in [0.15, 0.2) is 0 Å². The van der Waals surface area contributed by atoms with Gasteiger partial charge in [0.05, 0.1) is 10.6 Å². The van der Waals surface area contributed by atoms with Crippen LogP contribution in [0.15, 0.2) is 45.8 Å². The molecular weight excluding hydrogens is 418 g/mol. The Morgan fingerprint density at radius 3 is 2.67 bits per heavy atom. The molecule has 1 amide bonds. The highest BCUT2D eigenvalue weighted by molar-refractivity contribution is 9.10. The zero-order valence-corrected chi connectivity index (χ0v) is 16.4. The number of pyridine rings is 1. The molecule has 0 spiro atoms. The normalized spacial score (nSPS) is 14.6. The van der Waals surface area contributed by atoms with Gasteiger partial charge < -0.3 is 10.1 Å². The number of non-ortho nitro benzene ring substituents is 1. The van der Waals surface area contributed by atoms with Crippen LogP contribution in [0.25, 0.3) is 5.70 Å². The number of halogens is 1. The van der Waals surface area contributed by atoms with Crippen LogP contribution in [0, 0.1) is 10.1 Å². The first-order valence-electron chi connectivity index (χ1n) is 7.98. The smallest absolute Gasteiger partial charge is 0.278 e. The van der Waals surface area contributed by atoms with Crippen molar-refractivity contribution >= 4 is 38.9 Å². The number of carbonyl (C=O) groups is 1. The van der Waals surface area contributed by atoms with Gasteiger partial charge in [0.2, 0.25) is 5.91 Å². The van der Waals surface area contributed by atoms with E-state index in [1.807, 2.05) is 13.8 Å². The minimum Gasteiger partial charge on any atom is -0.483 e. The quantitative estimate of drug-likeness (QED) is 0.588. The van der Waals surface area contributed by atoms with Crippen molar-refractivity contribution in [1.29, 1.82) is 0 Å². The summed E-state index contributed by atoms with van der Waals surface area (Å²) >= 11 is 3.33. The van der Waals surface area contributed by atoms with Gasteiger partial charge >= 0.3 is 0 Å². The van der Waals surface area contributed by atoms with Gasteiger partial charge in [-0.1, -0.05) is 0 Å². The molecule has 0 radical (unpaired) electrons. The number of nitrogens with one attached hydrogen (secondary N) is 1. The average molecular weight is 434 g/mol. The number of carbonyl (C=O) groups excluding carboxylic acids is 1. The lowest BCUT2D eigenvalue weighted by atomic mass is 9.98. The number of benzene rings is 1. The monoisotopic (exact) mass is 433 g/mol. The molecule has 0 unspecified atom stereocenters. The highest BCUT2D eigenvalue weighted by atomic mass is 79.9.